The van der Waals surface area contributed by atoms with Crippen LogP contribution < -0.4 is 5.32 Å². The van der Waals surface area contributed by atoms with Crippen molar-refractivity contribution in [2.75, 3.05) is 14.2 Å². The minimum atomic E-state index is -0.478. The number of rotatable bonds is 7. The van der Waals surface area contributed by atoms with Gasteiger partial charge >= 0.3 is 5.97 Å². The first-order chi connectivity index (χ1) is 12.5. The first kappa shape index (κ1) is 18.5. The van der Waals surface area contributed by atoms with E-state index in [1.165, 1.54) is 7.11 Å². The summed E-state index contributed by atoms with van der Waals surface area (Å²) in [5.74, 6) is 0.0290. The predicted molar refractivity (Wildman–Crippen MR) is 95.8 cm³/mol. The molecule has 1 fully saturated rings. The molecule has 1 N–H and O–H groups in total. The monoisotopic (exact) mass is 377 g/mol. The summed E-state index contributed by atoms with van der Waals surface area (Å²) in [5, 5.41) is 3.02. The summed E-state index contributed by atoms with van der Waals surface area (Å²) in [6.07, 6.45) is 2.78. The molecule has 1 aromatic carbocycles. The van der Waals surface area contributed by atoms with Crippen LogP contribution in [0.2, 0.25) is 5.15 Å². The molecule has 0 aliphatic heterocycles. The Morgan fingerprint density at radius 2 is 1.96 bits per heavy atom. The van der Waals surface area contributed by atoms with Crippen molar-refractivity contribution in [3.05, 3.63) is 34.1 Å². The lowest BCUT2D eigenvalue weighted by Gasteiger charge is -2.11. The number of nitrogens with one attached hydrogen (secondary N) is 1. The van der Waals surface area contributed by atoms with Gasteiger partial charge in [0.1, 0.15) is 0 Å². The van der Waals surface area contributed by atoms with E-state index in [4.69, 9.17) is 21.1 Å². The molecule has 26 heavy (non-hydrogen) atoms. The number of halogens is 1. The van der Waals surface area contributed by atoms with Crippen molar-refractivity contribution in [2.45, 2.75) is 32.4 Å². The van der Waals surface area contributed by atoms with Gasteiger partial charge in [-0.1, -0.05) is 11.6 Å². The van der Waals surface area contributed by atoms with Gasteiger partial charge in [-0.3, -0.25) is 4.79 Å². The predicted octanol–water partition coefficient (Wildman–Crippen LogP) is 2.63. The average Bonchev–Trinajstić information content (AvgIpc) is 3.43. The maximum Gasteiger partial charge on any atom is 0.338 e. The molecular formula is C18H20ClN3O4. The molecule has 1 heterocycles. The summed E-state index contributed by atoms with van der Waals surface area (Å²) in [6.45, 7) is 0.448. The van der Waals surface area contributed by atoms with Gasteiger partial charge in [-0.05, 0) is 36.5 Å². The number of ether oxygens (including phenoxy) is 2. The summed E-state index contributed by atoms with van der Waals surface area (Å²) in [5.41, 5.74) is 2.53. The van der Waals surface area contributed by atoms with Crippen LogP contribution in [0.25, 0.3) is 11.0 Å². The highest BCUT2D eigenvalue weighted by Gasteiger charge is 2.24. The zero-order chi connectivity index (χ0) is 18.7. The molecule has 0 atom stereocenters. The number of carbonyl (C=O) groups excluding carboxylic acids is 2. The van der Waals surface area contributed by atoms with Gasteiger partial charge in [0, 0.05) is 13.5 Å². The van der Waals surface area contributed by atoms with Crippen molar-refractivity contribution in [1.82, 2.24) is 15.3 Å². The van der Waals surface area contributed by atoms with Crippen LogP contribution in [0.3, 0.4) is 0 Å². The Balaban J connectivity index is 1.87. The zero-order valence-corrected chi connectivity index (χ0v) is 15.4. The van der Waals surface area contributed by atoms with E-state index >= 15 is 0 Å². The van der Waals surface area contributed by atoms with Crippen LogP contribution in [0.15, 0.2) is 12.1 Å². The normalized spacial score (nSPS) is 13.7. The summed E-state index contributed by atoms with van der Waals surface area (Å²) in [6, 6.07) is 3.31. The van der Waals surface area contributed by atoms with Crippen LogP contribution in [0.4, 0.5) is 0 Å². The average molecular weight is 378 g/mol. The summed E-state index contributed by atoms with van der Waals surface area (Å²) in [4.78, 5) is 32.6. The maximum absolute atomic E-state index is 12.0. The van der Waals surface area contributed by atoms with Crippen molar-refractivity contribution in [3.63, 3.8) is 0 Å². The van der Waals surface area contributed by atoms with Gasteiger partial charge in [-0.15, -0.1) is 0 Å². The molecule has 138 valence electrons. The molecule has 1 amide bonds. The van der Waals surface area contributed by atoms with Crippen molar-refractivity contribution in [1.29, 1.82) is 0 Å². The highest BCUT2D eigenvalue weighted by Crippen LogP contribution is 2.32. The molecule has 2 aromatic rings. The molecule has 0 bridgehead atoms. The van der Waals surface area contributed by atoms with E-state index < -0.39 is 5.97 Å². The molecule has 8 heteroatoms. The lowest BCUT2D eigenvalue weighted by molar-refractivity contribution is -0.121. The van der Waals surface area contributed by atoms with Gasteiger partial charge in [0.25, 0.3) is 0 Å². The van der Waals surface area contributed by atoms with E-state index in [2.05, 4.69) is 15.3 Å². The third-order valence-corrected chi connectivity index (χ3v) is 4.54. The number of hydrogen-bond acceptors (Lipinski definition) is 6. The minimum absolute atomic E-state index is 0.00780. The third-order valence-electron chi connectivity index (χ3n) is 4.24. The highest BCUT2D eigenvalue weighted by atomic mass is 35.5. The molecule has 1 aromatic heterocycles. The van der Waals surface area contributed by atoms with Crippen molar-refractivity contribution < 1.29 is 19.1 Å². The van der Waals surface area contributed by atoms with Crippen molar-refractivity contribution in [2.24, 2.45) is 5.92 Å². The van der Waals surface area contributed by atoms with E-state index in [1.54, 1.807) is 19.2 Å². The molecule has 3 rings (SSSR count). The Kier molecular flexibility index (Phi) is 5.68. The lowest BCUT2D eigenvalue weighted by atomic mass is 10.1. The largest absolute Gasteiger partial charge is 0.465 e. The number of nitrogens with zero attached hydrogens (tertiary/aromatic N) is 2. The quantitative estimate of drug-likeness (QED) is 0.746. The summed E-state index contributed by atoms with van der Waals surface area (Å²) < 4.78 is 9.95. The molecule has 7 nitrogen and oxygen atoms in total. The minimum Gasteiger partial charge on any atom is -0.465 e. The fraction of sp³-hybridized carbons (Fsp3) is 0.444. The number of benzene rings is 1. The van der Waals surface area contributed by atoms with Crippen molar-refractivity contribution >= 4 is 34.5 Å². The van der Waals surface area contributed by atoms with E-state index in [1.807, 2.05) is 0 Å². The van der Waals surface area contributed by atoms with E-state index in [0.29, 0.717) is 40.2 Å². The second kappa shape index (κ2) is 7.97. The van der Waals surface area contributed by atoms with Crippen LogP contribution in [-0.4, -0.2) is 36.1 Å². The molecular weight excluding hydrogens is 358 g/mol. The fourth-order valence-corrected chi connectivity index (χ4v) is 2.89. The number of carbonyl (C=O) groups is 2. The smallest absolute Gasteiger partial charge is 0.338 e. The van der Waals surface area contributed by atoms with Crippen LogP contribution in [0, 0.1) is 5.92 Å². The topological polar surface area (TPSA) is 90.4 Å². The molecule has 1 saturated carbocycles. The van der Waals surface area contributed by atoms with Gasteiger partial charge in [-0.2, -0.15) is 0 Å². The van der Waals surface area contributed by atoms with E-state index in [9.17, 15) is 9.59 Å². The maximum atomic E-state index is 12.0. The first-order valence-electron chi connectivity index (χ1n) is 8.34. The first-order valence-corrected chi connectivity index (χ1v) is 8.72. The van der Waals surface area contributed by atoms with Gasteiger partial charge in [0.05, 0.1) is 42.6 Å². The number of methoxy groups -OCH3 is 2. The Hall–Kier alpha value is -2.25. The molecule has 1 aliphatic rings. The Bertz CT molecular complexity index is 852. The molecule has 0 unspecified atom stereocenters. The SMILES string of the molecule is COCc1cc2nc(CNC(=O)CC3CC3)c(Cl)nc2cc1C(=O)OC. The van der Waals surface area contributed by atoms with Gasteiger partial charge in [-0.25, -0.2) is 14.8 Å². The molecule has 0 spiro atoms. The Morgan fingerprint density at radius 1 is 1.23 bits per heavy atom. The van der Waals surface area contributed by atoms with Crippen LogP contribution >= 0.6 is 11.6 Å². The number of amides is 1. The third kappa shape index (κ3) is 4.28. The number of hydrogen-bond donors (Lipinski definition) is 1. The van der Waals surface area contributed by atoms with E-state index in [-0.39, 0.29) is 24.2 Å². The number of fused-ring (bicyclic) bond motifs is 1. The zero-order valence-electron chi connectivity index (χ0n) is 14.7. The van der Waals surface area contributed by atoms with Gasteiger partial charge in [0.2, 0.25) is 5.91 Å². The van der Waals surface area contributed by atoms with Gasteiger partial charge < -0.3 is 14.8 Å². The Morgan fingerprint density at radius 3 is 2.62 bits per heavy atom. The molecule has 1 aliphatic carbocycles. The van der Waals surface area contributed by atoms with E-state index in [0.717, 1.165) is 12.8 Å². The van der Waals surface area contributed by atoms with Crippen LogP contribution in [0.5, 0.6) is 0 Å². The second-order valence-corrected chi connectivity index (χ2v) is 6.67. The number of aromatic nitrogens is 2. The summed E-state index contributed by atoms with van der Waals surface area (Å²) in [7, 11) is 2.86. The molecule has 0 saturated heterocycles. The molecule has 0 radical (unpaired) electrons. The van der Waals surface area contributed by atoms with Crippen LogP contribution in [0.1, 0.15) is 40.9 Å². The van der Waals surface area contributed by atoms with Crippen LogP contribution in [-0.2, 0) is 27.4 Å². The standard InChI is InChI=1S/C18H20ClN3O4/c1-25-9-11-6-13-14(7-12(11)18(24)26-2)22-17(19)15(21-13)8-20-16(23)5-10-3-4-10/h6-7,10H,3-5,8-9H2,1-2H3,(H,20,23). The second-order valence-electron chi connectivity index (χ2n) is 6.31. The van der Waals surface area contributed by atoms with Crippen molar-refractivity contribution in [3.8, 4) is 0 Å². The fourth-order valence-electron chi connectivity index (χ4n) is 2.69. The lowest BCUT2D eigenvalue weighted by Crippen LogP contribution is -2.23. The number of esters is 1. The highest BCUT2D eigenvalue weighted by molar-refractivity contribution is 6.30. The van der Waals surface area contributed by atoms with Gasteiger partial charge in [0.15, 0.2) is 5.15 Å². The summed E-state index contributed by atoms with van der Waals surface area (Å²) >= 11 is 6.21. The Labute approximate surface area is 156 Å².